The highest BCUT2D eigenvalue weighted by Crippen LogP contribution is 2.35. The molecule has 0 unspecified atom stereocenters. The summed E-state index contributed by atoms with van der Waals surface area (Å²) in [6.45, 7) is 1.70. The molecule has 0 spiro atoms. The van der Waals surface area contributed by atoms with Gasteiger partial charge in [-0.15, -0.1) is 0 Å². The van der Waals surface area contributed by atoms with Crippen molar-refractivity contribution in [1.29, 1.82) is 0 Å². The summed E-state index contributed by atoms with van der Waals surface area (Å²) in [4.78, 5) is 16.1. The van der Waals surface area contributed by atoms with Crippen molar-refractivity contribution in [3.63, 3.8) is 0 Å². The van der Waals surface area contributed by atoms with Crippen molar-refractivity contribution < 1.29 is 22.0 Å². The number of nitrogens with one attached hydrogen (secondary N) is 1. The Bertz CT molecular complexity index is 1070. The Kier molecular flexibility index (Phi) is 5.09. The molecular weight excluding hydrogens is 371 g/mol. The van der Waals surface area contributed by atoms with Gasteiger partial charge in [0.1, 0.15) is 11.5 Å². The van der Waals surface area contributed by atoms with E-state index in [4.69, 9.17) is 4.42 Å². The lowest BCUT2D eigenvalue weighted by atomic mass is 10.1. The predicted octanol–water partition coefficient (Wildman–Crippen LogP) is 3.90. The Morgan fingerprint density at radius 2 is 1.67 bits per heavy atom. The number of hydrogen-bond acceptors (Lipinski definition) is 5. The molecular formula is C19H17FN2O4S. The van der Waals surface area contributed by atoms with E-state index in [1.807, 2.05) is 0 Å². The first kappa shape index (κ1) is 18.8. The van der Waals surface area contributed by atoms with E-state index >= 15 is 0 Å². The van der Waals surface area contributed by atoms with E-state index in [-0.39, 0.29) is 29.1 Å². The average molecular weight is 388 g/mol. The molecule has 0 bridgehead atoms. The number of sulfone groups is 1. The molecule has 1 heterocycles. The zero-order valence-corrected chi connectivity index (χ0v) is 15.5. The molecule has 3 rings (SSSR count). The summed E-state index contributed by atoms with van der Waals surface area (Å²) in [6.07, 6.45) is 1.38. The summed E-state index contributed by atoms with van der Waals surface area (Å²) in [6, 6.07) is 11.8. The maximum atomic E-state index is 13.2. The van der Waals surface area contributed by atoms with E-state index in [0.717, 1.165) is 6.26 Å². The van der Waals surface area contributed by atoms with Gasteiger partial charge in [-0.2, -0.15) is 4.98 Å². The van der Waals surface area contributed by atoms with Crippen LogP contribution in [0.15, 0.2) is 57.8 Å². The zero-order valence-electron chi connectivity index (χ0n) is 14.7. The summed E-state index contributed by atoms with van der Waals surface area (Å²) in [7, 11) is -3.33. The van der Waals surface area contributed by atoms with E-state index in [9.17, 15) is 17.6 Å². The molecule has 0 aliphatic heterocycles. The van der Waals surface area contributed by atoms with Crippen LogP contribution in [0.25, 0.3) is 22.6 Å². The fourth-order valence-corrected chi connectivity index (χ4v) is 3.06. The molecule has 1 aromatic heterocycles. The number of carbonyl (C=O) groups excluding carboxylic acids is 1. The van der Waals surface area contributed by atoms with Gasteiger partial charge < -0.3 is 4.42 Å². The van der Waals surface area contributed by atoms with Crippen molar-refractivity contribution in [2.75, 3.05) is 11.6 Å². The minimum absolute atomic E-state index is 0.0170. The molecule has 140 valence electrons. The highest BCUT2D eigenvalue weighted by molar-refractivity contribution is 7.90. The maximum absolute atomic E-state index is 13.2. The largest absolute Gasteiger partial charge is 0.423 e. The van der Waals surface area contributed by atoms with Crippen LogP contribution in [0.3, 0.4) is 0 Å². The molecule has 0 atom stereocenters. The quantitative estimate of drug-likeness (QED) is 0.716. The Morgan fingerprint density at radius 1 is 1.07 bits per heavy atom. The van der Waals surface area contributed by atoms with Gasteiger partial charge in [0.15, 0.2) is 15.6 Å². The third-order valence-corrected chi connectivity index (χ3v) is 4.99. The number of halogens is 1. The van der Waals surface area contributed by atoms with Crippen LogP contribution in [0.2, 0.25) is 0 Å². The molecule has 1 amide bonds. The van der Waals surface area contributed by atoms with Crippen LogP contribution in [0, 0.1) is 5.82 Å². The summed E-state index contributed by atoms with van der Waals surface area (Å²) in [5, 5.41) is 2.55. The van der Waals surface area contributed by atoms with Gasteiger partial charge >= 0.3 is 6.01 Å². The number of anilines is 1. The summed E-state index contributed by atoms with van der Waals surface area (Å²) >= 11 is 0. The number of amides is 1. The minimum atomic E-state index is -3.33. The van der Waals surface area contributed by atoms with Crippen LogP contribution in [0.5, 0.6) is 0 Å². The highest BCUT2D eigenvalue weighted by atomic mass is 32.2. The number of carbonyl (C=O) groups is 1. The highest BCUT2D eigenvalue weighted by Gasteiger charge is 2.19. The molecule has 0 saturated heterocycles. The molecule has 0 aliphatic carbocycles. The Balaban J connectivity index is 2.09. The minimum Gasteiger partial charge on any atom is -0.423 e. The molecule has 0 fully saturated rings. The van der Waals surface area contributed by atoms with Crippen LogP contribution in [0.4, 0.5) is 10.4 Å². The van der Waals surface area contributed by atoms with Gasteiger partial charge in [-0.25, -0.2) is 12.8 Å². The number of oxazole rings is 1. The number of hydrogen-bond donors (Lipinski definition) is 1. The van der Waals surface area contributed by atoms with Crippen LogP contribution >= 0.6 is 0 Å². The summed E-state index contributed by atoms with van der Waals surface area (Å²) in [5.74, 6) is -0.310. The van der Waals surface area contributed by atoms with Crippen molar-refractivity contribution in [2.45, 2.75) is 18.2 Å². The van der Waals surface area contributed by atoms with Crippen molar-refractivity contribution in [3.05, 3.63) is 54.3 Å². The Hall–Kier alpha value is -3.00. The van der Waals surface area contributed by atoms with E-state index < -0.39 is 9.84 Å². The van der Waals surface area contributed by atoms with Gasteiger partial charge in [0.25, 0.3) is 0 Å². The number of benzene rings is 2. The van der Waals surface area contributed by atoms with Crippen LogP contribution < -0.4 is 5.32 Å². The molecule has 6 nitrogen and oxygen atoms in total. The van der Waals surface area contributed by atoms with Crippen LogP contribution in [-0.2, 0) is 14.6 Å². The second kappa shape index (κ2) is 7.32. The van der Waals surface area contributed by atoms with E-state index in [1.165, 1.54) is 24.3 Å². The number of aromatic nitrogens is 1. The summed E-state index contributed by atoms with van der Waals surface area (Å²) in [5.41, 5.74) is 1.58. The van der Waals surface area contributed by atoms with Crippen molar-refractivity contribution in [3.8, 4) is 22.6 Å². The third-order valence-electron chi connectivity index (χ3n) is 3.86. The van der Waals surface area contributed by atoms with Crippen molar-refractivity contribution in [2.24, 2.45) is 0 Å². The third kappa shape index (κ3) is 4.22. The molecule has 0 saturated carbocycles. The van der Waals surface area contributed by atoms with Crippen LogP contribution in [-0.4, -0.2) is 25.6 Å². The van der Waals surface area contributed by atoms with Crippen molar-refractivity contribution >= 4 is 21.8 Å². The zero-order chi connectivity index (χ0) is 19.6. The lowest BCUT2D eigenvalue weighted by Crippen LogP contribution is -2.09. The standard InChI is InChI=1S/C19H17FN2O4S/c1-3-16(23)21-19-22-17(12-4-8-14(20)9-5-12)18(26-19)13-6-10-15(11-7-13)27(2,24)25/h4-11H,3H2,1-2H3,(H,21,22,23). The molecule has 0 aliphatic rings. The van der Waals surface area contributed by atoms with Crippen LogP contribution in [0.1, 0.15) is 13.3 Å². The fourth-order valence-electron chi connectivity index (χ4n) is 2.43. The normalized spacial score (nSPS) is 11.4. The molecule has 3 aromatic rings. The Labute approximate surface area is 156 Å². The number of rotatable bonds is 5. The molecule has 8 heteroatoms. The first-order valence-corrected chi connectivity index (χ1v) is 10.0. The maximum Gasteiger partial charge on any atom is 0.302 e. The van der Waals surface area contributed by atoms with E-state index in [0.29, 0.717) is 22.6 Å². The topological polar surface area (TPSA) is 89.3 Å². The molecule has 2 aromatic carbocycles. The lowest BCUT2D eigenvalue weighted by molar-refractivity contribution is -0.116. The van der Waals surface area contributed by atoms with Gasteiger partial charge in [-0.3, -0.25) is 10.1 Å². The molecule has 27 heavy (non-hydrogen) atoms. The second-order valence-electron chi connectivity index (χ2n) is 5.90. The average Bonchev–Trinajstić information content (AvgIpc) is 3.05. The van der Waals surface area contributed by atoms with Gasteiger partial charge in [0.2, 0.25) is 5.91 Å². The first-order chi connectivity index (χ1) is 12.8. The molecule has 1 N–H and O–H groups in total. The smallest absolute Gasteiger partial charge is 0.302 e. The monoisotopic (exact) mass is 388 g/mol. The lowest BCUT2D eigenvalue weighted by Gasteiger charge is -2.03. The van der Waals surface area contributed by atoms with Gasteiger partial charge in [0.05, 0.1) is 4.90 Å². The fraction of sp³-hybridized carbons (Fsp3) is 0.158. The van der Waals surface area contributed by atoms with E-state index in [1.54, 1.807) is 31.2 Å². The van der Waals surface area contributed by atoms with E-state index in [2.05, 4.69) is 10.3 Å². The van der Waals surface area contributed by atoms with Gasteiger partial charge in [0, 0.05) is 23.8 Å². The first-order valence-electron chi connectivity index (χ1n) is 8.15. The Morgan fingerprint density at radius 3 is 2.22 bits per heavy atom. The van der Waals surface area contributed by atoms with Gasteiger partial charge in [-0.05, 0) is 48.5 Å². The molecule has 0 radical (unpaired) electrons. The summed E-state index contributed by atoms with van der Waals surface area (Å²) < 4.78 is 42.2. The SMILES string of the molecule is CCC(=O)Nc1nc(-c2ccc(F)cc2)c(-c2ccc(S(C)(=O)=O)cc2)o1. The second-order valence-corrected chi connectivity index (χ2v) is 7.92. The number of nitrogens with zero attached hydrogens (tertiary/aromatic N) is 1. The van der Waals surface area contributed by atoms with Crippen molar-refractivity contribution in [1.82, 2.24) is 4.98 Å². The van der Waals surface area contributed by atoms with Gasteiger partial charge in [-0.1, -0.05) is 6.92 Å². The predicted molar refractivity (Wildman–Crippen MR) is 99.4 cm³/mol.